The highest BCUT2D eigenvalue weighted by molar-refractivity contribution is 6.33. The Hall–Kier alpha value is -2.48. The van der Waals surface area contributed by atoms with Crippen LogP contribution in [0.2, 0.25) is 5.02 Å². The van der Waals surface area contributed by atoms with Gasteiger partial charge in [-0.1, -0.05) is 11.6 Å². The number of likely N-dealkylation sites (N-methyl/N-ethyl adjacent to an activating group) is 1. The van der Waals surface area contributed by atoms with E-state index in [0.29, 0.717) is 29.0 Å². The lowest BCUT2D eigenvalue weighted by Crippen LogP contribution is -2.44. The van der Waals surface area contributed by atoms with Gasteiger partial charge in [0.15, 0.2) is 11.5 Å². The number of ether oxygens (including phenoxy) is 3. The maximum atomic E-state index is 6.55. The minimum absolute atomic E-state index is 0.220. The van der Waals surface area contributed by atoms with Gasteiger partial charge in [0.2, 0.25) is 6.79 Å². The zero-order valence-corrected chi connectivity index (χ0v) is 17.7. The molecule has 0 aliphatic carbocycles. The summed E-state index contributed by atoms with van der Waals surface area (Å²) in [5.74, 6) is 2.86. The van der Waals surface area contributed by atoms with Gasteiger partial charge in [-0.2, -0.15) is 0 Å². The first-order valence-electron chi connectivity index (χ1n) is 10.3. The third-order valence-corrected chi connectivity index (χ3v) is 5.98. The Labute approximate surface area is 180 Å². The highest BCUT2D eigenvalue weighted by Crippen LogP contribution is 2.40. The number of H-pyrrole nitrogens is 1. The van der Waals surface area contributed by atoms with Crippen LogP contribution in [-0.4, -0.2) is 72.9 Å². The van der Waals surface area contributed by atoms with Gasteiger partial charge in [-0.05, 0) is 43.8 Å². The number of nitrogens with one attached hydrogen (secondary N) is 1. The third-order valence-electron chi connectivity index (χ3n) is 5.67. The lowest BCUT2D eigenvalue weighted by atomic mass is 10.2. The van der Waals surface area contributed by atoms with Crippen LogP contribution in [0, 0.1) is 0 Å². The first kappa shape index (κ1) is 19.5. The Morgan fingerprint density at radius 3 is 2.83 bits per heavy atom. The van der Waals surface area contributed by atoms with E-state index in [1.807, 2.05) is 30.3 Å². The van der Waals surface area contributed by atoms with E-state index in [0.717, 1.165) is 61.5 Å². The van der Waals surface area contributed by atoms with E-state index in [1.54, 1.807) is 0 Å². The number of aromatic amines is 1. The molecule has 0 radical (unpaired) electrons. The summed E-state index contributed by atoms with van der Waals surface area (Å²) in [4.78, 5) is 12.9. The standard InChI is InChI=1S/C22H25ClN4O3/c1-26-8-10-27(11-9-26)7-2-12-28-15-3-4-16(17(23)13-15)22-24-18-5-6-19-21(20(18)25-22)30-14-29-19/h3-6,13H,2,7-12,14H2,1H3,(H,24,25). The van der Waals surface area contributed by atoms with Crippen LogP contribution >= 0.6 is 11.6 Å². The van der Waals surface area contributed by atoms with Gasteiger partial charge in [0, 0.05) is 38.3 Å². The lowest BCUT2D eigenvalue weighted by molar-refractivity contribution is 0.145. The number of fused-ring (bicyclic) bond motifs is 3. The second-order valence-electron chi connectivity index (χ2n) is 7.77. The number of rotatable bonds is 6. The molecule has 2 aliphatic rings. The van der Waals surface area contributed by atoms with Crippen molar-refractivity contribution >= 4 is 22.6 Å². The van der Waals surface area contributed by atoms with E-state index >= 15 is 0 Å². The van der Waals surface area contributed by atoms with Gasteiger partial charge >= 0.3 is 0 Å². The molecule has 0 unspecified atom stereocenters. The average Bonchev–Trinajstić information content (AvgIpc) is 3.39. The van der Waals surface area contributed by atoms with E-state index in [1.165, 1.54) is 0 Å². The minimum Gasteiger partial charge on any atom is -0.493 e. The summed E-state index contributed by atoms with van der Waals surface area (Å²) in [5.41, 5.74) is 2.46. The van der Waals surface area contributed by atoms with Crippen molar-refractivity contribution in [3.05, 3.63) is 35.4 Å². The zero-order valence-electron chi connectivity index (χ0n) is 17.0. The SMILES string of the molecule is CN1CCN(CCCOc2ccc(-c3nc4c5c(ccc4[nH]3)OCO5)c(Cl)c2)CC1. The van der Waals surface area contributed by atoms with Crippen LogP contribution in [0.3, 0.4) is 0 Å². The molecule has 0 saturated carbocycles. The van der Waals surface area contributed by atoms with Crippen LogP contribution in [0.1, 0.15) is 6.42 Å². The molecular weight excluding hydrogens is 404 g/mol. The molecule has 1 N–H and O–H groups in total. The van der Waals surface area contributed by atoms with Crippen molar-refractivity contribution in [3.63, 3.8) is 0 Å². The molecule has 3 aromatic rings. The topological polar surface area (TPSA) is 62.9 Å². The molecule has 1 aromatic heterocycles. The molecule has 1 saturated heterocycles. The van der Waals surface area contributed by atoms with Crippen LogP contribution in [0.25, 0.3) is 22.4 Å². The van der Waals surface area contributed by atoms with Gasteiger partial charge < -0.3 is 29.0 Å². The maximum absolute atomic E-state index is 6.55. The Bertz CT molecular complexity index is 1050. The largest absolute Gasteiger partial charge is 0.493 e. The quantitative estimate of drug-likeness (QED) is 0.605. The number of aromatic nitrogens is 2. The highest BCUT2D eigenvalue weighted by atomic mass is 35.5. The molecule has 0 spiro atoms. The fourth-order valence-electron chi connectivity index (χ4n) is 3.89. The second kappa shape index (κ2) is 8.34. The van der Waals surface area contributed by atoms with Gasteiger partial charge in [0.05, 0.1) is 17.1 Å². The van der Waals surface area contributed by atoms with Crippen molar-refractivity contribution in [2.24, 2.45) is 0 Å². The van der Waals surface area contributed by atoms with Crippen LogP contribution in [0.15, 0.2) is 30.3 Å². The zero-order chi connectivity index (χ0) is 20.5. The van der Waals surface area contributed by atoms with Crippen LogP contribution in [-0.2, 0) is 0 Å². The van der Waals surface area contributed by atoms with Crippen LogP contribution in [0.5, 0.6) is 17.2 Å². The fourth-order valence-corrected chi connectivity index (χ4v) is 4.15. The molecule has 0 bridgehead atoms. The molecule has 2 aliphatic heterocycles. The van der Waals surface area contributed by atoms with E-state index in [2.05, 4.69) is 26.8 Å². The summed E-state index contributed by atoms with van der Waals surface area (Å²) in [5, 5.41) is 0.597. The molecule has 3 heterocycles. The average molecular weight is 429 g/mol. The summed E-state index contributed by atoms with van der Waals surface area (Å²) in [7, 11) is 2.17. The fraction of sp³-hybridized carbons (Fsp3) is 0.409. The molecule has 158 valence electrons. The van der Waals surface area contributed by atoms with Gasteiger partial charge in [0.1, 0.15) is 17.1 Å². The molecule has 2 aromatic carbocycles. The lowest BCUT2D eigenvalue weighted by Gasteiger charge is -2.32. The third kappa shape index (κ3) is 3.93. The van der Waals surface area contributed by atoms with E-state index in [-0.39, 0.29) is 6.79 Å². The van der Waals surface area contributed by atoms with E-state index in [4.69, 9.17) is 25.8 Å². The summed E-state index contributed by atoms with van der Waals surface area (Å²) >= 11 is 6.55. The van der Waals surface area contributed by atoms with Crippen molar-refractivity contribution in [2.75, 3.05) is 53.2 Å². The minimum atomic E-state index is 0.220. The summed E-state index contributed by atoms with van der Waals surface area (Å²) < 4.78 is 16.9. The van der Waals surface area contributed by atoms with Crippen molar-refractivity contribution in [1.82, 2.24) is 19.8 Å². The number of hydrogen-bond donors (Lipinski definition) is 1. The number of imidazole rings is 1. The highest BCUT2D eigenvalue weighted by Gasteiger charge is 2.20. The van der Waals surface area contributed by atoms with Crippen LogP contribution in [0.4, 0.5) is 0 Å². The van der Waals surface area contributed by atoms with Crippen molar-refractivity contribution < 1.29 is 14.2 Å². The van der Waals surface area contributed by atoms with Gasteiger partial charge in [-0.25, -0.2) is 4.98 Å². The summed E-state index contributed by atoms with van der Waals surface area (Å²) in [6.45, 7) is 6.51. The molecule has 1 fully saturated rings. The molecule has 0 amide bonds. The smallest absolute Gasteiger partial charge is 0.231 e. The summed E-state index contributed by atoms with van der Waals surface area (Å²) in [6.07, 6.45) is 1.000. The molecule has 7 nitrogen and oxygen atoms in total. The van der Waals surface area contributed by atoms with E-state index < -0.39 is 0 Å². The first-order chi connectivity index (χ1) is 14.7. The number of halogens is 1. The molecule has 8 heteroatoms. The second-order valence-corrected chi connectivity index (χ2v) is 8.18. The number of piperazine rings is 1. The molecule has 0 atom stereocenters. The van der Waals surface area contributed by atoms with Crippen molar-refractivity contribution in [2.45, 2.75) is 6.42 Å². The van der Waals surface area contributed by atoms with Crippen LogP contribution < -0.4 is 14.2 Å². The molecule has 5 rings (SSSR count). The monoisotopic (exact) mass is 428 g/mol. The molecular formula is C22H25ClN4O3. The van der Waals surface area contributed by atoms with E-state index in [9.17, 15) is 0 Å². The Morgan fingerprint density at radius 2 is 2.00 bits per heavy atom. The first-order valence-corrected chi connectivity index (χ1v) is 10.7. The Morgan fingerprint density at radius 1 is 1.13 bits per heavy atom. The maximum Gasteiger partial charge on any atom is 0.231 e. The molecule has 30 heavy (non-hydrogen) atoms. The van der Waals surface area contributed by atoms with Gasteiger partial charge in [0.25, 0.3) is 0 Å². The number of nitrogens with zero attached hydrogens (tertiary/aromatic N) is 3. The predicted octanol–water partition coefficient (Wildman–Crippen LogP) is 3.63. The normalized spacial score (nSPS) is 17.0. The number of hydrogen-bond acceptors (Lipinski definition) is 6. The predicted molar refractivity (Wildman–Crippen MR) is 117 cm³/mol. The van der Waals surface area contributed by atoms with Crippen molar-refractivity contribution in [3.8, 4) is 28.6 Å². The van der Waals surface area contributed by atoms with Gasteiger partial charge in [-0.15, -0.1) is 0 Å². The Balaban J connectivity index is 1.22. The summed E-state index contributed by atoms with van der Waals surface area (Å²) in [6, 6.07) is 9.55. The van der Waals surface area contributed by atoms with Crippen molar-refractivity contribution in [1.29, 1.82) is 0 Å². The Kier molecular flexibility index (Phi) is 5.41. The number of benzene rings is 2. The van der Waals surface area contributed by atoms with Gasteiger partial charge in [-0.3, -0.25) is 0 Å².